The second-order valence-electron chi connectivity index (χ2n) is 4.86. The normalized spacial score (nSPS) is 11.0. The quantitative estimate of drug-likeness (QED) is 0.573. The summed E-state index contributed by atoms with van der Waals surface area (Å²) in [5.41, 5.74) is 1.39. The predicted octanol–water partition coefficient (Wildman–Crippen LogP) is 4.17. The summed E-state index contributed by atoms with van der Waals surface area (Å²) in [6.45, 7) is 0. The zero-order chi connectivity index (χ0) is 17.7. The molecule has 24 heavy (non-hydrogen) atoms. The lowest BCUT2D eigenvalue weighted by atomic mass is 10.3. The Hall–Kier alpha value is -0.970. The zero-order valence-corrected chi connectivity index (χ0v) is 16.2. The van der Waals surface area contributed by atoms with E-state index in [2.05, 4.69) is 10.3 Å². The summed E-state index contributed by atoms with van der Waals surface area (Å²) < 4.78 is 26.6. The van der Waals surface area contributed by atoms with Gasteiger partial charge in [-0.15, -0.1) is 11.3 Å². The number of nitrogens with zero attached hydrogens (tertiary/aromatic N) is 2. The molecule has 1 aromatic heterocycles. The molecule has 0 bridgehead atoms. The largest absolute Gasteiger partial charge is 0.364 e. The van der Waals surface area contributed by atoms with E-state index in [1.165, 1.54) is 23.1 Å². The van der Waals surface area contributed by atoms with Crippen LogP contribution >= 0.6 is 47.1 Å². The highest BCUT2D eigenvalue weighted by Gasteiger charge is 2.11. The van der Waals surface area contributed by atoms with Crippen LogP contribution < -0.4 is 5.32 Å². The molecule has 0 aliphatic carbocycles. The molecule has 0 atom stereocenters. The molecule has 0 aliphatic rings. The summed E-state index contributed by atoms with van der Waals surface area (Å²) in [5.74, 6) is -0.194. The van der Waals surface area contributed by atoms with Crippen LogP contribution in [0.4, 0.5) is 14.5 Å². The van der Waals surface area contributed by atoms with Crippen molar-refractivity contribution in [3.05, 3.63) is 18.2 Å². The Morgan fingerprint density at radius 3 is 2.88 bits per heavy atom. The first kappa shape index (κ1) is 19.4. The summed E-state index contributed by atoms with van der Waals surface area (Å²) in [5, 5.41) is 2.80. The number of alkyl halides is 2. The summed E-state index contributed by atoms with van der Waals surface area (Å²) in [4.78, 5) is 18.0. The van der Waals surface area contributed by atoms with E-state index in [9.17, 15) is 13.6 Å². The van der Waals surface area contributed by atoms with Crippen molar-refractivity contribution >= 4 is 73.2 Å². The Labute approximate surface area is 156 Å². The molecular formula is C14H15F2N3OS4. The summed E-state index contributed by atoms with van der Waals surface area (Å²) in [6, 6.07) is 5.31. The molecule has 0 spiro atoms. The minimum Gasteiger partial charge on any atom is -0.364 e. The number of hydrogen-bond donors (Lipinski definition) is 1. The molecule has 0 saturated heterocycles. The first-order chi connectivity index (χ1) is 11.3. The van der Waals surface area contributed by atoms with Gasteiger partial charge >= 0.3 is 0 Å². The number of thioether (sulfide) groups is 2. The Balaban J connectivity index is 1.97. The minimum absolute atomic E-state index is 0.152. The average molecular weight is 408 g/mol. The number of hydrogen-bond acceptors (Lipinski definition) is 6. The highest BCUT2D eigenvalue weighted by Crippen LogP contribution is 2.32. The fraction of sp³-hybridized carbons (Fsp3) is 0.357. The molecule has 0 radical (unpaired) electrons. The monoisotopic (exact) mass is 407 g/mol. The lowest BCUT2D eigenvalue weighted by Gasteiger charge is -2.12. The molecular weight excluding hydrogens is 392 g/mol. The Morgan fingerprint density at radius 2 is 2.21 bits per heavy atom. The number of halogens is 2. The van der Waals surface area contributed by atoms with Gasteiger partial charge in [-0.3, -0.25) is 4.79 Å². The van der Waals surface area contributed by atoms with Crippen LogP contribution in [0.25, 0.3) is 10.2 Å². The number of thiazole rings is 1. The summed E-state index contributed by atoms with van der Waals surface area (Å²) in [7, 11) is 3.66. The Bertz CT molecular complexity index is 736. The average Bonchev–Trinajstić information content (AvgIpc) is 2.92. The van der Waals surface area contributed by atoms with Crippen LogP contribution in [0.5, 0.6) is 0 Å². The predicted molar refractivity (Wildman–Crippen MR) is 104 cm³/mol. The maximum atomic E-state index is 12.3. The van der Waals surface area contributed by atoms with E-state index < -0.39 is 6.43 Å². The molecule has 130 valence electrons. The van der Waals surface area contributed by atoms with Crippen molar-refractivity contribution in [2.75, 3.05) is 30.9 Å². The number of fused-ring (bicyclic) bond motifs is 1. The van der Waals surface area contributed by atoms with E-state index in [0.717, 1.165) is 22.0 Å². The van der Waals surface area contributed by atoms with Crippen molar-refractivity contribution in [2.45, 2.75) is 10.8 Å². The van der Waals surface area contributed by atoms with Gasteiger partial charge in [-0.2, -0.15) is 0 Å². The molecule has 1 N–H and O–H groups in total. The molecule has 1 amide bonds. The van der Waals surface area contributed by atoms with Crippen molar-refractivity contribution in [1.29, 1.82) is 0 Å². The van der Waals surface area contributed by atoms with Crippen LogP contribution in [0.1, 0.15) is 0 Å². The van der Waals surface area contributed by atoms with Gasteiger partial charge in [0, 0.05) is 19.8 Å². The topological polar surface area (TPSA) is 45.2 Å². The second-order valence-corrected chi connectivity index (χ2v) is 8.77. The maximum Gasteiger partial charge on any atom is 0.248 e. The fourth-order valence-corrected chi connectivity index (χ4v) is 4.27. The third-order valence-electron chi connectivity index (χ3n) is 2.68. The molecule has 10 heteroatoms. The molecule has 1 heterocycles. The van der Waals surface area contributed by atoms with Gasteiger partial charge in [-0.25, -0.2) is 13.8 Å². The van der Waals surface area contributed by atoms with Gasteiger partial charge in [-0.1, -0.05) is 35.7 Å². The van der Waals surface area contributed by atoms with E-state index in [4.69, 9.17) is 12.2 Å². The van der Waals surface area contributed by atoms with Crippen molar-refractivity contribution in [3.63, 3.8) is 0 Å². The van der Waals surface area contributed by atoms with E-state index in [-0.39, 0.29) is 17.4 Å². The van der Waals surface area contributed by atoms with Gasteiger partial charge in [0.15, 0.2) is 4.34 Å². The van der Waals surface area contributed by atoms with Crippen molar-refractivity contribution in [3.8, 4) is 0 Å². The van der Waals surface area contributed by atoms with Crippen LogP contribution in [-0.4, -0.2) is 52.1 Å². The molecule has 2 rings (SSSR count). The lowest BCUT2D eigenvalue weighted by Crippen LogP contribution is -2.20. The molecule has 0 unspecified atom stereocenters. The lowest BCUT2D eigenvalue weighted by molar-refractivity contribution is -0.113. The van der Waals surface area contributed by atoms with Crippen LogP contribution in [0.15, 0.2) is 22.5 Å². The number of benzene rings is 1. The van der Waals surface area contributed by atoms with Crippen LogP contribution in [0.2, 0.25) is 0 Å². The molecule has 2 aromatic rings. The number of thiocarbonyl (C=S) groups is 1. The third-order valence-corrected chi connectivity index (χ3v) is 6.59. The number of anilines is 1. The summed E-state index contributed by atoms with van der Waals surface area (Å²) in [6.07, 6.45) is -2.36. The molecule has 4 nitrogen and oxygen atoms in total. The number of rotatable bonds is 6. The number of carbonyl (C=O) groups is 1. The SMILES string of the molecule is CN(C)C(=S)SCC(=O)Nc1ccc2nc(SCC(F)F)sc2c1. The number of nitrogens with one attached hydrogen (secondary N) is 1. The minimum atomic E-state index is -2.36. The first-order valence-corrected chi connectivity index (χ1v) is 10.00. The maximum absolute atomic E-state index is 12.3. The smallest absolute Gasteiger partial charge is 0.248 e. The van der Waals surface area contributed by atoms with Crippen LogP contribution in [0.3, 0.4) is 0 Å². The van der Waals surface area contributed by atoms with Crippen LogP contribution in [0, 0.1) is 0 Å². The highest BCUT2D eigenvalue weighted by molar-refractivity contribution is 8.23. The number of aromatic nitrogens is 1. The number of carbonyl (C=O) groups excluding carboxylic acids is 1. The van der Waals surface area contributed by atoms with Gasteiger partial charge in [0.2, 0.25) is 12.3 Å². The van der Waals surface area contributed by atoms with Gasteiger partial charge in [-0.05, 0) is 18.2 Å². The van der Waals surface area contributed by atoms with Gasteiger partial charge in [0.25, 0.3) is 0 Å². The fourth-order valence-electron chi connectivity index (χ4n) is 1.63. The molecule has 0 saturated carbocycles. The summed E-state index contributed by atoms with van der Waals surface area (Å²) >= 11 is 8.78. The highest BCUT2D eigenvalue weighted by atomic mass is 32.2. The second kappa shape index (κ2) is 8.93. The Kier molecular flexibility index (Phi) is 7.20. The van der Waals surface area contributed by atoms with E-state index >= 15 is 0 Å². The van der Waals surface area contributed by atoms with Gasteiger partial charge in [0.05, 0.1) is 21.7 Å². The van der Waals surface area contributed by atoms with E-state index in [1.807, 2.05) is 14.1 Å². The van der Waals surface area contributed by atoms with E-state index in [0.29, 0.717) is 14.3 Å². The first-order valence-electron chi connectivity index (χ1n) is 6.80. The van der Waals surface area contributed by atoms with Crippen LogP contribution in [-0.2, 0) is 4.79 Å². The molecule has 0 aliphatic heterocycles. The standard InChI is InChI=1S/C14H15F2N3OS4/c1-19(2)14(21)23-7-12(20)17-8-3-4-9-10(5-8)24-13(18-9)22-6-11(15)16/h3-5,11H,6-7H2,1-2H3,(H,17,20). The van der Waals surface area contributed by atoms with Gasteiger partial charge in [0.1, 0.15) is 4.32 Å². The molecule has 1 aromatic carbocycles. The zero-order valence-electron chi connectivity index (χ0n) is 12.9. The third kappa shape index (κ3) is 5.83. The van der Waals surface area contributed by atoms with Crippen molar-refractivity contribution in [2.24, 2.45) is 0 Å². The Morgan fingerprint density at radius 1 is 1.46 bits per heavy atom. The van der Waals surface area contributed by atoms with Gasteiger partial charge < -0.3 is 10.2 Å². The van der Waals surface area contributed by atoms with Crippen molar-refractivity contribution in [1.82, 2.24) is 9.88 Å². The number of amides is 1. The van der Waals surface area contributed by atoms with E-state index in [1.54, 1.807) is 23.1 Å². The molecule has 0 fully saturated rings. The van der Waals surface area contributed by atoms with Crippen molar-refractivity contribution < 1.29 is 13.6 Å².